The first-order valence-corrected chi connectivity index (χ1v) is 12.8. The van der Waals surface area contributed by atoms with Crippen molar-refractivity contribution < 1.29 is 27.5 Å². The molecule has 0 radical (unpaired) electrons. The van der Waals surface area contributed by atoms with Crippen molar-refractivity contribution in [2.75, 3.05) is 44.2 Å². The van der Waals surface area contributed by atoms with Crippen LogP contribution < -0.4 is 15.4 Å². The normalized spacial score (nSPS) is 20.9. The average molecular weight is 479 g/mol. The highest BCUT2D eigenvalue weighted by Crippen LogP contribution is 2.35. The summed E-state index contributed by atoms with van der Waals surface area (Å²) in [4.78, 5) is 39.9. The minimum atomic E-state index is -3.72. The van der Waals surface area contributed by atoms with Gasteiger partial charge in [0.25, 0.3) is 5.91 Å². The number of nitrogens with zero attached hydrogens (tertiary/aromatic N) is 3. The van der Waals surface area contributed by atoms with Gasteiger partial charge in [0.2, 0.25) is 21.8 Å². The minimum absolute atomic E-state index is 0.0776. The molecule has 2 fully saturated rings. The lowest BCUT2D eigenvalue weighted by atomic mass is 9.96. The van der Waals surface area contributed by atoms with E-state index in [2.05, 4.69) is 6.92 Å². The van der Waals surface area contributed by atoms with E-state index in [0.29, 0.717) is 50.7 Å². The summed E-state index contributed by atoms with van der Waals surface area (Å²) >= 11 is 0. The molecule has 33 heavy (non-hydrogen) atoms. The predicted octanol–water partition coefficient (Wildman–Crippen LogP) is 0.557. The maximum absolute atomic E-state index is 13.2. The molecule has 3 aliphatic heterocycles. The molecule has 1 aromatic carbocycles. The van der Waals surface area contributed by atoms with E-state index in [1.165, 1.54) is 27.4 Å². The molecular weight excluding hydrogens is 448 g/mol. The Balaban J connectivity index is 1.53. The van der Waals surface area contributed by atoms with Crippen molar-refractivity contribution in [3.63, 3.8) is 0 Å². The second kappa shape index (κ2) is 9.30. The molecule has 180 valence electrons. The third-order valence-electron chi connectivity index (χ3n) is 6.80. The largest absolute Gasteiger partial charge is 0.482 e. The van der Waals surface area contributed by atoms with E-state index >= 15 is 0 Å². The molecule has 0 aliphatic carbocycles. The molecule has 0 unspecified atom stereocenters. The van der Waals surface area contributed by atoms with Crippen molar-refractivity contribution >= 4 is 33.4 Å². The Kier molecular flexibility index (Phi) is 6.62. The number of ether oxygens (including phenoxy) is 1. The predicted molar refractivity (Wildman–Crippen MR) is 120 cm³/mol. The summed E-state index contributed by atoms with van der Waals surface area (Å²) in [5.41, 5.74) is 5.63. The van der Waals surface area contributed by atoms with Gasteiger partial charge in [-0.15, -0.1) is 0 Å². The van der Waals surface area contributed by atoms with Crippen LogP contribution in [0.25, 0.3) is 0 Å². The van der Waals surface area contributed by atoms with Gasteiger partial charge in [-0.1, -0.05) is 6.92 Å². The Morgan fingerprint density at radius 3 is 2.39 bits per heavy atom. The second-order valence-corrected chi connectivity index (χ2v) is 11.0. The van der Waals surface area contributed by atoms with Crippen molar-refractivity contribution in [3.8, 4) is 5.75 Å². The van der Waals surface area contributed by atoms with E-state index in [1.807, 2.05) is 0 Å². The number of hydrogen-bond acceptors (Lipinski definition) is 6. The first kappa shape index (κ1) is 23.5. The van der Waals surface area contributed by atoms with Gasteiger partial charge in [0.05, 0.1) is 10.6 Å². The number of nitrogens with two attached hydrogens (primary N) is 1. The van der Waals surface area contributed by atoms with Gasteiger partial charge in [-0.2, -0.15) is 4.31 Å². The van der Waals surface area contributed by atoms with Crippen LogP contribution in [0, 0.1) is 11.8 Å². The highest BCUT2D eigenvalue weighted by molar-refractivity contribution is 7.89. The van der Waals surface area contributed by atoms with Gasteiger partial charge in [0.1, 0.15) is 12.3 Å². The van der Waals surface area contributed by atoms with Gasteiger partial charge in [0, 0.05) is 32.1 Å². The lowest BCUT2D eigenvalue weighted by Gasteiger charge is -2.34. The van der Waals surface area contributed by atoms with Crippen LogP contribution in [0.15, 0.2) is 23.1 Å². The quantitative estimate of drug-likeness (QED) is 0.658. The number of piperidine rings is 2. The molecule has 1 aromatic rings. The molecule has 3 heterocycles. The topological polar surface area (TPSA) is 130 Å². The Morgan fingerprint density at radius 2 is 1.76 bits per heavy atom. The van der Waals surface area contributed by atoms with E-state index in [0.717, 1.165) is 12.8 Å². The van der Waals surface area contributed by atoms with Crippen molar-refractivity contribution in [2.24, 2.45) is 17.6 Å². The Morgan fingerprint density at radius 1 is 1.09 bits per heavy atom. The van der Waals surface area contributed by atoms with E-state index in [-0.39, 0.29) is 41.5 Å². The summed E-state index contributed by atoms with van der Waals surface area (Å²) in [6, 6.07) is 4.44. The third-order valence-corrected chi connectivity index (χ3v) is 8.69. The van der Waals surface area contributed by atoms with Gasteiger partial charge in [-0.3, -0.25) is 19.3 Å². The number of carbonyl (C=O) groups excluding carboxylic acids is 3. The number of fused-ring (bicyclic) bond motifs is 1. The van der Waals surface area contributed by atoms with Crippen molar-refractivity contribution in [3.05, 3.63) is 18.2 Å². The highest BCUT2D eigenvalue weighted by Gasteiger charge is 2.34. The van der Waals surface area contributed by atoms with Crippen LogP contribution in [-0.4, -0.2) is 74.7 Å². The average Bonchev–Trinajstić information content (AvgIpc) is 2.80. The molecule has 0 bridgehead atoms. The van der Waals surface area contributed by atoms with E-state index in [4.69, 9.17) is 10.5 Å². The lowest BCUT2D eigenvalue weighted by Crippen LogP contribution is -2.49. The van der Waals surface area contributed by atoms with E-state index < -0.39 is 15.9 Å². The Hall–Kier alpha value is -2.66. The summed E-state index contributed by atoms with van der Waals surface area (Å²) < 4.78 is 33.3. The van der Waals surface area contributed by atoms with Gasteiger partial charge in [-0.05, 0) is 49.8 Å². The first-order valence-electron chi connectivity index (χ1n) is 11.3. The summed E-state index contributed by atoms with van der Waals surface area (Å²) in [7, 11) is -3.72. The maximum atomic E-state index is 13.2. The number of anilines is 1. The zero-order valence-electron chi connectivity index (χ0n) is 18.7. The van der Waals surface area contributed by atoms with Gasteiger partial charge in [-0.25, -0.2) is 8.42 Å². The fraction of sp³-hybridized carbons (Fsp3) is 0.591. The van der Waals surface area contributed by atoms with Crippen LogP contribution in [0.4, 0.5) is 5.69 Å². The van der Waals surface area contributed by atoms with Crippen LogP contribution in [-0.2, 0) is 24.4 Å². The molecule has 4 rings (SSSR count). The Bertz CT molecular complexity index is 1040. The number of hydrogen-bond donors (Lipinski definition) is 1. The third kappa shape index (κ3) is 4.84. The van der Waals surface area contributed by atoms with Crippen LogP contribution in [0.5, 0.6) is 5.75 Å². The molecule has 2 N–H and O–H groups in total. The molecule has 0 spiro atoms. The number of likely N-dealkylation sites (tertiary alicyclic amines) is 1. The summed E-state index contributed by atoms with van der Waals surface area (Å²) in [6.45, 7) is 3.36. The summed E-state index contributed by atoms with van der Waals surface area (Å²) in [6.07, 6.45) is 2.59. The van der Waals surface area contributed by atoms with Gasteiger partial charge in [0.15, 0.2) is 6.61 Å². The smallest absolute Gasteiger partial charge is 0.265 e. The molecule has 10 nitrogen and oxygen atoms in total. The molecule has 3 amide bonds. The molecule has 0 aromatic heterocycles. The zero-order valence-corrected chi connectivity index (χ0v) is 19.6. The van der Waals surface area contributed by atoms with Crippen molar-refractivity contribution in [2.45, 2.75) is 37.5 Å². The number of primary amides is 1. The number of benzene rings is 1. The SMILES string of the molecule is CC1CCN(S(=O)(=O)c2ccc3c(c2)N(CC(=O)N2CCC(C(N)=O)CC2)C(=O)CO3)CC1. The fourth-order valence-corrected chi connectivity index (χ4v) is 6.03. The number of carbonyl (C=O) groups is 3. The molecule has 0 atom stereocenters. The van der Waals surface area contributed by atoms with E-state index in [9.17, 15) is 22.8 Å². The van der Waals surface area contributed by atoms with Gasteiger partial charge >= 0.3 is 0 Å². The Labute approximate surface area is 193 Å². The maximum Gasteiger partial charge on any atom is 0.265 e. The summed E-state index contributed by atoms with van der Waals surface area (Å²) in [5.74, 6) is -0.440. The van der Waals surface area contributed by atoms with Crippen LogP contribution in [0.3, 0.4) is 0 Å². The highest BCUT2D eigenvalue weighted by atomic mass is 32.2. The molecule has 2 saturated heterocycles. The monoisotopic (exact) mass is 478 g/mol. The van der Waals surface area contributed by atoms with Crippen LogP contribution in [0.1, 0.15) is 32.6 Å². The molecule has 3 aliphatic rings. The standard InChI is InChI=1S/C22H30N4O6S/c1-15-4-10-25(11-5-15)33(30,31)17-2-3-19-18(12-17)26(21(28)14-32-19)13-20(27)24-8-6-16(7-9-24)22(23)29/h2-3,12,15-16H,4-11,13-14H2,1H3,(H2,23,29). The number of rotatable bonds is 5. The minimum Gasteiger partial charge on any atom is -0.482 e. The van der Waals surface area contributed by atoms with Crippen molar-refractivity contribution in [1.82, 2.24) is 9.21 Å². The molecule has 11 heteroatoms. The zero-order chi connectivity index (χ0) is 23.8. The fourth-order valence-electron chi connectivity index (χ4n) is 4.54. The number of amides is 3. The van der Waals surface area contributed by atoms with E-state index in [1.54, 1.807) is 4.90 Å². The second-order valence-electron chi connectivity index (χ2n) is 9.04. The van der Waals surface area contributed by atoms with Gasteiger partial charge < -0.3 is 15.4 Å². The molecule has 0 saturated carbocycles. The number of sulfonamides is 1. The van der Waals surface area contributed by atoms with Crippen molar-refractivity contribution in [1.29, 1.82) is 0 Å². The van der Waals surface area contributed by atoms with Crippen LogP contribution >= 0.6 is 0 Å². The summed E-state index contributed by atoms with van der Waals surface area (Å²) in [5, 5.41) is 0. The lowest BCUT2D eigenvalue weighted by molar-refractivity contribution is -0.134. The van der Waals surface area contributed by atoms with Crippen LogP contribution in [0.2, 0.25) is 0 Å². The first-order chi connectivity index (χ1) is 15.7. The molecular formula is C22H30N4O6S.